The molecule has 0 unspecified atom stereocenters. The molecule has 0 bridgehead atoms. The number of hydrogen-bond acceptors (Lipinski definition) is 5. The molecule has 3 aromatic heterocycles. The standard InChI is InChI=1S/C14H16N6OS/c1-15-14(16-7-10-4-6-22-9-10)17-8-12-18-13(20-19-12)11-3-2-5-21-11/h2-6,9H,7-8H2,1H3,(H2,15,16,17)(H,18,19,20). The normalized spacial score (nSPS) is 11.6. The molecule has 3 aromatic rings. The summed E-state index contributed by atoms with van der Waals surface area (Å²) in [5, 5.41) is 17.6. The van der Waals surface area contributed by atoms with Gasteiger partial charge in [0.2, 0.25) is 5.82 Å². The van der Waals surface area contributed by atoms with Gasteiger partial charge < -0.3 is 15.1 Å². The van der Waals surface area contributed by atoms with Gasteiger partial charge in [-0.15, -0.1) is 5.10 Å². The number of aliphatic imine (C=N–C) groups is 1. The molecule has 3 heterocycles. The lowest BCUT2D eigenvalue weighted by atomic mass is 10.3. The minimum Gasteiger partial charge on any atom is -0.461 e. The van der Waals surface area contributed by atoms with Crippen LogP contribution in [0.2, 0.25) is 0 Å². The molecule has 0 aliphatic carbocycles. The predicted octanol–water partition coefficient (Wildman–Crippen LogP) is 1.99. The maximum absolute atomic E-state index is 5.26. The molecule has 0 fully saturated rings. The molecule has 0 aliphatic heterocycles. The van der Waals surface area contributed by atoms with E-state index in [9.17, 15) is 0 Å². The van der Waals surface area contributed by atoms with E-state index in [1.54, 1.807) is 30.7 Å². The average molecular weight is 316 g/mol. The predicted molar refractivity (Wildman–Crippen MR) is 85.4 cm³/mol. The van der Waals surface area contributed by atoms with Gasteiger partial charge in [-0.2, -0.15) is 11.3 Å². The van der Waals surface area contributed by atoms with E-state index in [1.165, 1.54) is 5.56 Å². The number of thiophene rings is 1. The number of aromatic amines is 1. The fourth-order valence-corrected chi connectivity index (χ4v) is 2.53. The van der Waals surface area contributed by atoms with Gasteiger partial charge in [0.15, 0.2) is 11.7 Å². The van der Waals surface area contributed by atoms with Crippen LogP contribution >= 0.6 is 11.3 Å². The summed E-state index contributed by atoms with van der Waals surface area (Å²) in [4.78, 5) is 8.54. The highest BCUT2D eigenvalue weighted by atomic mass is 32.1. The number of nitrogens with zero attached hydrogens (tertiary/aromatic N) is 3. The number of aromatic nitrogens is 3. The van der Waals surface area contributed by atoms with Crippen molar-refractivity contribution in [2.45, 2.75) is 13.1 Å². The first-order chi connectivity index (χ1) is 10.8. The molecule has 0 saturated carbocycles. The topological polar surface area (TPSA) is 91.1 Å². The van der Waals surface area contributed by atoms with Crippen LogP contribution in [0.15, 0.2) is 44.6 Å². The van der Waals surface area contributed by atoms with Gasteiger partial charge in [-0.3, -0.25) is 10.1 Å². The molecular weight excluding hydrogens is 300 g/mol. The second kappa shape index (κ2) is 6.90. The Kier molecular flexibility index (Phi) is 4.50. The third-order valence-electron chi connectivity index (χ3n) is 2.96. The maximum Gasteiger partial charge on any atom is 0.216 e. The van der Waals surface area contributed by atoms with Gasteiger partial charge in [0.25, 0.3) is 0 Å². The Hall–Kier alpha value is -2.61. The van der Waals surface area contributed by atoms with Crippen molar-refractivity contribution >= 4 is 17.3 Å². The van der Waals surface area contributed by atoms with Crippen LogP contribution in [0.4, 0.5) is 0 Å². The highest BCUT2D eigenvalue weighted by Crippen LogP contribution is 2.14. The second-order valence-electron chi connectivity index (χ2n) is 4.49. The lowest BCUT2D eigenvalue weighted by Crippen LogP contribution is -2.36. The zero-order chi connectivity index (χ0) is 15.2. The molecule has 114 valence electrons. The Bertz CT molecular complexity index is 716. The van der Waals surface area contributed by atoms with Crippen LogP contribution in [-0.4, -0.2) is 28.2 Å². The summed E-state index contributed by atoms with van der Waals surface area (Å²) in [6, 6.07) is 5.71. The summed E-state index contributed by atoms with van der Waals surface area (Å²) in [6.07, 6.45) is 1.60. The lowest BCUT2D eigenvalue weighted by Gasteiger charge is -2.09. The van der Waals surface area contributed by atoms with Crippen molar-refractivity contribution < 1.29 is 4.42 Å². The molecule has 0 amide bonds. The summed E-state index contributed by atoms with van der Waals surface area (Å²) >= 11 is 1.68. The van der Waals surface area contributed by atoms with Crippen LogP contribution in [0, 0.1) is 0 Å². The molecular formula is C14H16N6OS. The van der Waals surface area contributed by atoms with Crippen molar-refractivity contribution in [2.75, 3.05) is 7.05 Å². The van der Waals surface area contributed by atoms with Crippen molar-refractivity contribution in [3.8, 4) is 11.6 Å². The molecule has 7 nitrogen and oxygen atoms in total. The molecule has 0 spiro atoms. The molecule has 0 aliphatic rings. The monoisotopic (exact) mass is 316 g/mol. The van der Waals surface area contributed by atoms with Crippen molar-refractivity contribution in [1.82, 2.24) is 25.8 Å². The van der Waals surface area contributed by atoms with Crippen LogP contribution < -0.4 is 10.6 Å². The molecule has 22 heavy (non-hydrogen) atoms. The summed E-state index contributed by atoms with van der Waals surface area (Å²) in [5.74, 6) is 2.61. The van der Waals surface area contributed by atoms with Gasteiger partial charge >= 0.3 is 0 Å². The highest BCUT2D eigenvalue weighted by molar-refractivity contribution is 7.07. The zero-order valence-corrected chi connectivity index (χ0v) is 12.9. The van der Waals surface area contributed by atoms with Crippen molar-refractivity contribution in [3.05, 3.63) is 46.6 Å². The summed E-state index contributed by atoms with van der Waals surface area (Å²) < 4.78 is 5.26. The molecule has 3 N–H and O–H groups in total. The van der Waals surface area contributed by atoms with Crippen LogP contribution in [0.1, 0.15) is 11.4 Å². The van der Waals surface area contributed by atoms with Gasteiger partial charge in [0.05, 0.1) is 12.8 Å². The maximum atomic E-state index is 5.26. The van der Waals surface area contributed by atoms with Crippen LogP contribution in [0.25, 0.3) is 11.6 Å². The van der Waals surface area contributed by atoms with E-state index in [-0.39, 0.29) is 0 Å². The van der Waals surface area contributed by atoms with E-state index in [0.29, 0.717) is 29.9 Å². The Morgan fingerprint density at radius 3 is 3.00 bits per heavy atom. The Balaban J connectivity index is 1.52. The first kappa shape index (κ1) is 14.3. The third-order valence-corrected chi connectivity index (χ3v) is 3.69. The average Bonchev–Trinajstić information content (AvgIpc) is 3.29. The van der Waals surface area contributed by atoms with Crippen LogP contribution in [-0.2, 0) is 13.1 Å². The van der Waals surface area contributed by atoms with Gasteiger partial charge in [0, 0.05) is 13.6 Å². The van der Waals surface area contributed by atoms with E-state index in [2.05, 4.69) is 47.6 Å². The Morgan fingerprint density at radius 1 is 1.36 bits per heavy atom. The van der Waals surface area contributed by atoms with E-state index in [4.69, 9.17) is 4.42 Å². The van der Waals surface area contributed by atoms with Crippen molar-refractivity contribution in [2.24, 2.45) is 4.99 Å². The number of nitrogens with one attached hydrogen (secondary N) is 3. The quantitative estimate of drug-likeness (QED) is 0.494. The minimum absolute atomic E-state index is 0.497. The van der Waals surface area contributed by atoms with Crippen LogP contribution in [0.3, 0.4) is 0 Å². The second-order valence-corrected chi connectivity index (χ2v) is 5.27. The number of furan rings is 1. The molecule has 0 radical (unpaired) electrons. The summed E-state index contributed by atoms with van der Waals surface area (Å²) in [7, 11) is 1.73. The Morgan fingerprint density at radius 2 is 2.27 bits per heavy atom. The first-order valence-electron chi connectivity index (χ1n) is 6.76. The van der Waals surface area contributed by atoms with E-state index in [0.717, 1.165) is 6.54 Å². The van der Waals surface area contributed by atoms with E-state index in [1.807, 2.05) is 6.07 Å². The van der Waals surface area contributed by atoms with Crippen molar-refractivity contribution in [1.29, 1.82) is 0 Å². The SMILES string of the molecule is CN=C(NCc1ccsc1)NCc1nc(-c2ccco2)n[nH]1. The Labute approximate surface area is 131 Å². The lowest BCUT2D eigenvalue weighted by molar-refractivity contribution is 0.577. The smallest absolute Gasteiger partial charge is 0.216 e. The van der Waals surface area contributed by atoms with Crippen LogP contribution in [0.5, 0.6) is 0 Å². The fourth-order valence-electron chi connectivity index (χ4n) is 1.86. The van der Waals surface area contributed by atoms with Crippen molar-refractivity contribution in [3.63, 3.8) is 0 Å². The van der Waals surface area contributed by atoms with Gasteiger partial charge in [-0.1, -0.05) is 0 Å². The summed E-state index contributed by atoms with van der Waals surface area (Å²) in [5.41, 5.74) is 1.23. The number of hydrogen-bond donors (Lipinski definition) is 3. The largest absolute Gasteiger partial charge is 0.461 e. The third kappa shape index (κ3) is 3.53. The molecule has 3 rings (SSSR count). The van der Waals surface area contributed by atoms with Gasteiger partial charge in [0.1, 0.15) is 5.82 Å². The first-order valence-corrected chi connectivity index (χ1v) is 7.70. The molecule has 0 saturated heterocycles. The molecule has 0 aromatic carbocycles. The zero-order valence-electron chi connectivity index (χ0n) is 12.0. The molecule has 0 atom stereocenters. The fraction of sp³-hybridized carbons (Fsp3) is 0.214. The minimum atomic E-state index is 0.497. The number of rotatable bonds is 5. The number of H-pyrrole nitrogens is 1. The van der Waals surface area contributed by atoms with Gasteiger partial charge in [-0.25, -0.2) is 4.98 Å². The summed E-state index contributed by atoms with van der Waals surface area (Å²) in [6.45, 7) is 1.23. The van der Waals surface area contributed by atoms with E-state index < -0.39 is 0 Å². The highest BCUT2D eigenvalue weighted by Gasteiger charge is 2.08. The molecule has 8 heteroatoms. The van der Waals surface area contributed by atoms with E-state index >= 15 is 0 Å². The van der Waals surface area contributed by atoms with Gasteiger partial charge in [-0.05, 0) is 34.5 Å². The number of guanidine groups is 1.